The topological polar surface area (TPSA) is 67.3 Å². The summed E-state index contributed by atoms with van der Waals surface area (Å²) in [6.45, 7) is 0. The highest BCUT2D eigenvalue weighted by atomic mass is 35.7. The van der Waals surface area contributed by atoms with Crippen LogP contribution in [-0.4, -0.2) is 18.0 Å². The SMILES string of the molecule is O=S(=O)(O)Cl.c1ccc2ncccc2c1. The molecule has 0 bridgehead atoms. The molecule has 0 aliphatic rings. The van der Waals surface area contributed by atoms with Crippen LogP contribution in [0.15, 0.2) is 42.6 Å². The van der Waals surface area contributed by atoms with E-state index in [0.717, 1.165) is 5.52 Å². The van der Waals surface area contributed by atoms with Gasteiger partial charge >= 0.3 is 9.33 Å². The molecule has 2 rings (SSSR count). The van der Waals surface area contributed by atoms with Crippen LogP contribution in [0, 0.1) is 0 Å². The van der Waals surface area contributed by atoms with Crippen molar-refractivity contribution in [1.29, 1.82) is 0 Å². The number of nitrogens with zero attached hydrogens (tertiary/aromatic N) is 1. The first-order valence-corrected chi connectivity index (χ1v) is 6.20. The van der Waals surface area contributed by atoms with Gasteiger partial charge in [-0.3, -0.25) is 9.54 Å². The molecule has 1 N–H and O–H groups in total. The van der Waals surface area contributed by atoms with Gasteiger partial charge in [0.25, 0.3) is 0 Å². The van der Waals surface area contributed by atoms with Crippen molar-refractivity contribution in [1.82, 2.24) is 4.98 Å². The monoisotopic (exact) mass is 245 g/mol. The zero-order chi connectivity index (χ0) is 11.3. The lowest BCUT2D eigenvalue weighted by Gasteiger charge is -1.91. The molecule has 0 radical (unpaired) electrons. The van der Waals surface area contributed by atoms with Gasteiger partial charge in [-0.05, 0) is 12.1 Å². The van der Waals surface area contributed by atoms with Crippen molar-refractivity contribution < 1.29 is 13.0 Å². The van der Waals surface area contributed by atoms with E-state index in [1.165, 1.54) is 5.39 Å². The lowest BCUT2D eigenvalue weighted by molar-refractivity contribution is 0.501. The molecule has 1 heterocycles. The normalized spacial score (nSPS) is 10.5. The third kappa shape index (κ3) is 5.31. The summed E-state index contributed by atoms with van der Waals surface area (Å²) in [5, 5.41) is 1.20. The summed E-state index contributed by atoms with van der Waals surface area (Å²) < 4.78 is 25.2. The van der Waals surface area contributed by atoms with Crippen molar-refractivity contribution in [2.75, 3.05) is 0 Å². The summed E-state index contributed by atoms with van der Waals surface area (Å²) in [6, 6.07) is 12.1. The Labute approximate surface area is 91.8 Å². The summed E-state index contributed by atoms with van der Waals surface area (Å²) in [6.07, 6.45) is 1.81. The minimum atomic E-state index is -4.19. The molecule has 2 aromatic rings. The van der Waals surface area contributed by atoms with Crippen LogP contribution in [0.25, 0.3) is 10.9 Å². The predicted octanol–water partition coefficient (Wildman–Crippen LogP) is 2.26. The molecule has 1 aromatic carbocycles. The van der Waals surface area contributed by atoms with Gasteiger partial charge in [0.1, 0.15) is 0 Å². The maximum Gasteiger partial charge on any atom is 0.353 e. The molecule has 6 heteroatoms. The van der Waals surface area contributed by atoms with Gasteiger partial charge in [-0.15, -0.1) is 0 Å². The zero-order valence-corrected chi connectivity index (χ0v) is 9.11. The lowest BCUT2D eigenvalue weighted by atomic mass is 10.2. The molecule has 4 nitrogen and oxygen atoms in total. The quantitative estimate of drug-likeness (QED) is 0.571. The van der Waals surface area contributed by atoms with Crippen LogP contribution in [-0.2, 0) is 9.33 Å². The van der Waals surface area contributed by atoms with E-state index < -0.39 is 9.33 Å². The van der Waals surface area contributed by atoms with Crippen LogP contribution in [0.5, 0.6) is 0 Å². The number of pyridine rings is 1. The van der Waals surface area contributed by atoms with Crippen LogP contribution >= 0.6 is 10.7 Å². The van der Waals surface area contributed by atoms with Gasteiger partial charge in [0.15, 0.2) is 0 Å². The molecular weight excluding hydrogens is 238 g/mol. The van der Waals surface area contributed by atoms with Crippen molar-refractivity contribution in [3.05, 3.63) is 42.6 Å². The number of aromatic nitrogens is 1. The Hall–Kier alpha value is -1.17. The molecule has 0 atom stereocenters. The van der Waals surface area contributed by atoms with E-state index in [2.05, 4.69) is 27.8 Å². The smallest absolute Gasteiger partial charge is 0.273 e. The van der Waals surface area contributed by atoms with Crippen molar-refractivity contribution >= 4 is 30.9 Å². The van der Waals surface area contributed by atoms with Crippen molar-refractivity contribution in [2.24, 2.45) is 0 Å². The fourth-order valence-electron chi connectivity index (χ4n) is 1.02. The van der Waals surface area contributed by atoms with E-state index >= 15 is 0 Å². The fourth-order valence-corrected chi connectivity index (χ4v) is 1.02. The fraction of sp³-hybridized carbons (Fsp3) is 0. The average Bonchev–Trinajstić information content (AvgIpc) is 2.16. The molecule has 80 valence electrons. The highest BCUT2D eigenvalue weighted by Crippen LogP contribution is 2.07. The summed E-state index contributed by atoms with van der Waals surface area (Å²) in [5.74, 6) is 0. The lowest BCUT2D eigenvalue weighted by Crippen LogP contribution is -1.77. The summed E-state index contributed by atoms with van der Waals surface area (Å²) in [5.41, 5.74) is 1.06. The standard InChI is InChI=1S/C9H7N.ClHO3S/c1-2-6-9-8(4-1)5-3-7-10-9;1-5(2,3)4/h1-7H;(H,2,3,4). The van der Waals surface area contributed by atoms with E-state index in [1.54, 1.807) is 0 Å². The van der Waals surface area contributed by atoms with E-state index in [1.807, 2.05) is 30.5 Å². The Morgan fingerprint density at radius 2 is 1.67 bits per heavy atom. The van der Waals surface area contributed by atoms with Gasteiger partial charge in [0.2, 0.25) is 0 Å². The summed E-state index contributed by atoms with van der Waals surface area (Å²) in [7, 11) is -0.137. The Morgan fingerprint density at radius 3 is 2.27 bits per heavy atom. The van der Waals surface area contributed by atoms with Gasteiger partial charge in [-0.25, -0.2) is 0 Å². The van der Waals surface area contributed by atoms with Gasteiger partial charge in [0, 0.05) is 22.3 Å². The van der Waals surface area contributed by atoms with E-state index in [4.69, 9.17) is 13.0 Å². The third-order valence-corrected chi connectivity index (χ3v) is 1.51. The van der Waals surface area contributed by atoms with Crippen LogP contribution in [0.3, 0.4) is 0 Å². The molecular formula is C9H8ClNO3S. The summed E-state index contributed by atoms with van der Waals surface area (Å²) in [4.78, 5) is 4.18. The first kappa shape index (κ1) is 11.9. The molecule has 0 aliphatic heterocycles. The minimum Gasteiger partial charge on any atom is -0.273 e. The third-order valence-electron chi connectivity index (χ3n) is 1.51. The number of halogens is 1. The van der Waals surface area contributed by atoms with Gasteiger partial charge in [0.05, 0.1) is 5.52 Å². The molecule has 0 spiro atoms. The van der Waals surface area contributed by atoms with Gasteiger partial charge in [-0.1, -0.05) is 24.3 Å². The molecule has 0 unspecified atom stereocenters. The number of fused-ring (bicyclic) bond motifs is 1. The highest BCUT2D eigenvalue weighted by Gasteiger charge is 1.87. The average molecular weight is 246 g/mol. The highest BCUT2D eigenvalue weighted by molar-refractivity contribution is 8.09. The van der Waals surface area contributed by atoms with E-state index in [9.17, 15) is 0 Å². The number of para-hydroxylation sites is 1. The Balaban J connectivity index is 0.000000195. The second kappa shape index (κ2) is 5.06. The molecule has 0 saturated heterocycles. The maximum atomic E-state index is 8.95. The number of benzene rings is 1. The van der Waals surface area contributed by atoms with Crippen molar-refractivity contribution in [3.8, 4) is 0 Å². The number of hydrogen-bond donors (Lipinski definition) is 1. The maximum absolute atomic E-state index is 8.95. The van der Waals surface area contributed by atoms with Gasteiger partial charge < -0.3 is 0 Å². The predicted molar refractivity (Wildman–Crippen MR) is 59.1 cm³/mol. The van der Waals surface area contributed by atoms with Crippen LogP contribution in [0.2, 0.25) is 0 Å². The number of rotatable bonds is 0. The van der Waals surface area contributed by atoms with Crippen LogP contribution < -0.4 is 0 Å². The second-order valence-corrected chi connectivity index (χ2v) is 4.60. The first-order valence-electron chi connectivity index (χ1n) is 3.93. The summed E-state index contributed by atoms with van der Waals surface area (Å²) >= 11 is 0. The van der Waals surface area contributed by atoms with Gasteiger partial charge in [-0.2, -0.15) is 8.42 Å². The molecule has 0 saturated carbocycles. The van der Waals surface area contributed by atoms with E-state index in [-0.39, 0.29) is 0 Å². The molecule has 0 amide bonds. The molecule has 15 heavy (non-hydrogen) atoms. The second-order valence-electron chi connectivity index (χ2n) is 2.61. The van der Waals surface area contributed by atoms with Crippen molar-refractivity contribution in [2.45, 2.75) is 0 Å². The van der Waals surface area contributed by atoms with Crippen molar-refractivity contribution in [3.63, 3.8) is 0 Å². The minimum absolute atomic E-state index is 1.06. The number of hydrogen-bond acceptors (Lipinski definition) is 3. The van der Waals surface area contributed by atoms with Crippen LogP contribution in [0.1, 0.15) is 0 Å². The Morgan fingerprint density at radius 1 is 1.13 bits per heavy atom. The Kier molecular flexibility index (Phi) is 4.02. The molecule has 0 aliphatic carbocycles. The molecule has 1 aromatic heterocycles. The first-order chi connectivity index (χ1) is 6.97. The largest absolute Gasteiger partial charge is 0.353 e. The Bertz CT molecular complexity index is 468. The van der Waals surface area contributed by atoms with Crippen LogP contribution in [0.4, 0.5) is 0 Å². The zero-order valence-electron chi connectivity index (χ0n) is 7.54. The van der Waals surface area contributed by atoms with E-state index in [0.29, 0.717) is 0 Å². The molecule has 0 fully saturated rings.